The molecule has 0 saturated carbocycles. The Balaban J connectivity index is 2.09. The summed E-state index contributed by atoms with van der Waals surface area (Å²) in [5, 5.41) is 1.07. The summed E-state index contributed by atoms with van der Waals surface area (Å²) in [7, 11) is 0. The van der Waals surface area contributed by atoms with Crippen LogP contribution in [-0.2, 0) is 0 Å². The highest BCUT2D eigenvalue weighted by molar-refractivity contribution is 9.10. The van der Waals surface area contributed by atoms with Gasteiger partial charge in [0, 0.05) is 21.6 Å². The number of halogens is 1. The van der Waals surface area contributed by atoms with E-state index in [9.17, 15) is 4.79 Å². The number of aromatic nitrogens is 1. The molecule has 0 amide bonds. The minimum absolute atomic E-state index is 0.0105. The van der Waals surface area contributed by atoms with Crippen molar-refractivity contribution in [1.29, 1.82) is 0 Å². The summed E-state index contributed by atoms with van der Waals surface area (Å²) in [5.74, 6) is -0.0105. The molecule has 88 valence electrons. The Hall–Kier alpha value is -1.87. The number of rotatable bonds is 1. The molecule has 3 aromatic rings. The quantitative estimate of drug-likeness (QED) is 0.663. The van der Waals surface area contributed by atoms with Crippen LogP contribution in [0, 0.1) is 0 Å². The normalized spacial score (nSPS) is 10.7. The molecule has 1 aromatic heterocycles. The number of benzene rings is 2. The van der Waals surface area contributed by atoms with Crippen LogP contribution in [0.15, 0.2) is 65.3 Å². The highest BCUT2D eigenvalue weighted by Gasteiger charge is 2.10. The van der Waals surface area contributed by atoms with Gasteiger partial charge < -0.3 is 0 Å². The van der Waals surface area contributed by atoms with Gasteiger partial charge in [-0.25, -0.2) is 0 Å². The van der Waals surface area contributed by atoms with Crippen molar-refractivity contribution < 1.29 is 4.79 Å². The summed E-state index contributed by atoms with van der Waals surface area (Å²) in [4.78, 5) is 12.4. The average molecular weight is 300 g/mol. The van der Waals surface area contributed by atoms with E-state index in [0.29, 0.717) is 5.56 Å². The Bertz CT molecular complexity index is 713. The number of para-hydroxylation sites is 1. The highest BCUT2D eigenvalue weighted by Crippen LogP contribution is 2.18. The van der Waals surface area contributed by atoms with Crippen molar-refractivity contribution in [2.75, 3.05) is 0 Å². The van der Waals surface area contributed by atoms with E-state index in [1.54, 1.807) is 4.57 Å². The summed E-state index contributed by atoms with van der Waals surface area (Å²) in [5.41, 5.74) is 1.62. The molecule has 2 aromatic carbocycles. The van der Waals surface area contributed by atoms with Gasteiger partial charge in [-0.15, -0.1) is 0 Å². The molecule has 0 aliphatic heterocycles. The van der Waals surface area contributed by atoms with Gasteiger partial charge in [-0.3, -0.25) is 9.36 Å². The third-order valence-electron chi connectivity index (χ3n) is 2.91. The molecular formula is C15H10BrNO. The molecule has 18 heavy (non-hydrogen) atoms. The maximum atomic E-state index is 12.4. The lowest BCUT2D eigenvalue weighted by Crippen LogP contribution is -2.10. The first-order valence-corrected chi connectivity index (χ1v) is 6.41. The lowest BCUT2D eigenvalue weighted by atomic mass is 10.2. The van der Waals surface area contributed by atoms with Gasteiger partial charge in [0.25, 0.3) is 5.91 Å². The predicted octanol–water partition coefficient (Wildman–Crippen LogP) is 4.09. The van der Waals surface area contributed by atoms with E-state index in [2.05, 4.69) is 15.9 Å². The molecule has 0 aliphatic carbocycles. The zero-order valence-corrected chi connectivity index (χ0v) is 11.1. The Kier molecular flexibility index (Phi) is 2.76. The molecular weight excluding hydrogens is 290 g/mol. The lowest BCUT2D eigenvalue weighted by Gasteiger charge is -2.04. The number of carbonyl (C=O) groups is 1. The molecule has 3 rings (SSSR count). The van der Waals surface area contributed by atoms with Gasteiger partial charge in [0.15, 0.2) is 0 Å². The van der Waals surface area contributed by atoms with Crippen LogP contribution < -0.4 is 0 Å². The Morgan fingerprint density at radius 2 is 1.67 bits per heavy atom. The van der Waals surface area contributed by atoms with E-state index in [1.165, 1.54) is 0 Å². The predicted molar refractivity (Wildman–Crippen MR) is 75.8 cm³/mol. The highest BCUT2D eigenvalue weighted by atomic mass is 79.9. The first-order chi connectivity index (χ1) is 8.75. The van der Waals surface area contributed by atoms with E-state index >= 15 is 0 Å². The molecule has 3 heteroatoms. The molecule has 0 bridgehead atoms. The number of carbonyl (C=O) groups excluding carboxylic acids is 1. The SMILES string of the molecule is O=C(c1ccc(Br)cc1)n1ccc2ccccc21. The molecule has 0 spiro atoms. The fourth-order valence-electron chi connectivity index (χ4n) is 1.99. The Morgan fingerprint density at radius 1 is 0.944 bits per heavy atom. The largest absolute Gasteiger partial charge is 0.283 e. The van der Waals surface area contributed by atoms with Gasteiger partial charge in [0.2, 0.25) is 0 Å². The van der Waals surface area contributed by atoms with Crippen molar-refractivity contribution in [3.63, 3.8) is 0 Å². The number of hydrogen-bond donors (Lipinski definition) is 0. The topological polar surface area (TPSA) is 22.0 Å². The molecule has 0 unspecified atom stereocenters. The second-order valence-electron chi connectivity index (χ2n) is 4.06. The van der Waals surface area contributed by atoms with Crippen LogP contribution in [0.25, 0.3) is 10.9 Å². The fourth-order valence-corrected chi connectivity index (χ4v) is 2.26. The van der Waals surface area contributed by atoms with E-state index in [0.717, 1.165) is 15.4 Å². The molecule has 0 radical (unpaired) electrons. The smallest absolute Gasteiger partial charge is 0.262 e. The second-order valence-corrected chi connectivity index (χ2v) is 4.97. The van der Waals surface area contributed by atoms with Crippen molar-refractivity contribution in [3.8, 4) is 0 Å². The van der Waals surface area contributed by atoms with Crippen LogP contribution in [0.3, 0.4) is 0 Å². The van der Waals surface area contributed by atoms with Crippen LogP contribution in [0.5, 0.6) is 0 Å². The van der Waals surface area contributed by atoms with Gasteiger partial charge in [-0.1, -0.05) is 34.1 Å². The zero-order chi connectivity index (χ0) is 12.5. The Morgan fingerprint density at radius 3 is 2.44 bits per heavy atom. The van der Waals surface area contributed by atoms with E-state index in [1.807, 2.05) is 60.8 Å². The van der Waals surface area contributed by atoms with Gasteiger partial charge in [0.1, 0.15) is 0 Å². The summed E-state index contributed by atoms with van der Waals surface area (Å²) in [6.45, 7) is 0. The van der Waals surface area contributed by atoms with E-state index < -0.39 is 0 Å². The zero-order valence-electron chi connectivity index (χ0n) is 9.51. The van der Waals surface area contributed by atoms with Crippen molar-refractivity contribution in [1.82, 2.24) is 4.57 Å². The van der Waals surface area contributed by atoms with Crippen LogP contribution in [0.4, 0.5) is 0 Å². The second kappa shape index (κ2) is 4.42. The van der Waals surface area contributed by atoms with Gasteiger partial charge in [-0.05, 0) is 36.4 Å². The third-order valence-corrected chi connectivity index (χ3v) is 3.44. The molecule has 2 nitrogen and oxygen atoms in total. The monoisotopic (exact) mass is 299 g/mol. The van der Waals surface area contributed by atoms with Crippen LogP contribution >= 0.6 is 15.9 Å². The van der Waals surface area contributed by atoms with Crippen molar-refractivity contribution >= 4 is 32.7 Å². The van der Waals surface area contributed by atoms with Crippen molar-refractivity contribution in [3.05, 3.63) is 70.8 Å². The van der Waals surface area contributed by atoms with Gasteiger partial charge in [-0.2, -0.15) is 0 Å². The molecule has 0 atom stereocenters. The minimum Gasteiger partial charge on any atom is -0.283 e. The van der Waals surface area contributed by atoms with Crippen molar-refractivity contribution in [2.24, 2.45) is 0 Å². The maximum Gasteiger partial charge on any atom is 0.262 e. The molecule has 0 saturated heterocycles. The molecule has 0 aliphatic rings. The fraction of sp³-hybridized carbons (Fsp3) is 0. The van der Waals surface area contributed by atoms with Gasteiger partial charge >= 0.3 is 0 Å². The molecule has 0 N–H and O–H groups in total. The summed E-state index contributed by atoms with van der Waals surface area (Å²) >= 11 is 3.36. The molecule has 0 fully saturated rings. The lowest BCUT2D eigenvalue weighted by molar-refractivity contribution is 0.0965. The maximum absolute atomic E-state index is 12.4. The van der Waals surface area contributed by atoms with Crippen molar-refractivity contribution in [2.45, 2.75) is 0 Å². The van der Waals surface area contributed by atoms with E-state index in [-0.39, 0.29) is 5.91 Å². The first-order valence-electron chi connectivity index (χ1n) is 5.62. The Labute approximate surface area is 113 Å². The van der Waals surface area contributed by atoms with Crippen LogP contribution in [0.1, 0.15) is 10.4 Å². The summed E-state index contributed by atoms with van der Waals surface area (Å²) in [6, 6.07) is 17.2. The number of hydrogen-bond acceptors (Lipinski definition) is 1. The molecule has 1 heterocycles. The first kappa shape index (κ1) is 11.2. The van der Waals surface area contributed by atoms with Gasteiger partial charge in [0.05, 0.1) is 5.52 Å². The number of fused-ring (bicyclic) bond motifs is 1. The summed E-state index contributed by atoms with van der Waals surface area (Å²) < 4.78 is 2.65. The van der Waals surface area contributed by atoms with E-state index in [4.69, 9.17) is 0 Å². The van der Waals surface area contributed by atoms with Crippen LogP contribution in [-0.4, -0.2) is 10.5 Å². The third kappa shape index (κ3) is 1.87. The average Bonchev–Trinajstić information content (AvgIpc) is 2.82. The standard InChI is InChI=1S/C15H10BrNO/c16-13-7-5-12(6-8-13)15(18)17-10-9-11-3-1-2-4-14(11)17/h1-10H. The summed E-state index contributed by atoms with van der Waals surface area (Å²) in [6.07, 6.45) is 1.81. The van der Waals surface area contributed by atoms with Crippen LogP contribution in [0.2, 0.25) is 0 Å². The minimum atomic E-state index is -0.0105. The number of nitrogens with zero attached hydrogens (tertiary/aromatic N) is 1.